The molecule has 0 amide bonds. The number of benzene rings is 1. The number of nitrogens with zero attached hydrogens (tertiary/aromatic N) is 1. The Balaban J connectivity index is 0.00000676. The number of carbonyl (C=O) groups excluding carboxylic acids is 1. The molecule has 0 fully saturated rings. The number of ether oxygens (including phenoxy) is 5. The molecule has 0 aliphatic carbocycles. The highest BCUT2D eigenvalue weighted by Gasteiger charge is 2.28. The second-order valence-electron chi connectivity index (χ2n) is 5.87. The second kappa shape index (κ2) is 13.8. The quantitative estimate of drug-likeness (QED) is 0.358. The topological polar surface area (TPSA) is 66.5 Å². The minimum absolute atomic E-state index is 0. The molecule has 8 heteroatoms. The van der Waals surface area contributed by atoms with Crippen LogP contribution in [-0.2, 0) is 14.3 Å². The molecule has 1 rings (SSSR count). The van der Waals surface area contributed by atoms with Gasteiger partial charge in [0, 0.05) is 27.3 Å². The highest BCUT2D eigenvalue weighted by atomic mass is 79.9. The lowest BCUT2D eigenvalue weighted by molar-refractivity contribution is -0.141. The van der Waals surface area contributed by atoms with Crippen molar-refractivity contribution in [2.75, 3.05) is 54.7 Å². The fourth-order valence-electron chi connectivity index (χ4n) is 2.69. The van der Waals surface area contributed by atoms with Gasteiger partial charge < -0.3 is 23.7 Å². The molecule has 1 aromatic rings. The number of hydrogen-bond donors (Lipinski definition) is 0. The molecule has 0 radical (unpaired) electrons. The van der Waals surface area contributed by atoms with Gasteiger partial charge in [-0.05, 0) is 31.0 Å². The summed E-state index contributed by atoms with van der Waals surface area (Å²) in [5, 5.41) is 0. The van der Waals surface area contributed by atoms with Crippen LogP contribution in [0, 0.1) is 6.92 Å². The van der Waals surface area contributed by atoms with Crippen molar-refractivity contribution in [3.63, 3.8) is 0 Å². The molecule has 0 aliphatic heterocycles. The summed E-state index contributed by atoms with van der Waals surface area (Å²) in [6, 6.07) is 3.19. The van der Waals surface area contributed by atoms with E-state index in [-0.39, 0.29) is 23.0 Å². The largest absolute Gasteiger partial charge is 0.493 e. The zero-order chi connectivity index (χ0) is 19.5. The van der Waals surface area contributed by atoms with Gasteiger partial charge in [-0.3, -0.25) is 4.90 Å². The van der Waals surface area contributed by atoms with E-state index in [0.29, 0.717) is 50.0 Å². The van der Waals surface area contributed by atoms with Gasteiger partial charge in [0.2, 0.25) is 5.75 Å². The maximum atomic E-state index is 12.9. The third-order valence-corrected chi connectivity index (χ3v) is 4.07. The van der Waals surface area contributed by atoms with Crippen molar-refractivity contribution in [2.45, 2.75) is 26.3 Å². The maximum Gasteiger partial charge on any atom is 0.329 e. The van der Waals surface area contributed by atoms with Crippen LogP contribution in [-0.4, -0.2) is 71.7 Å². The maximum absolute atomic E-state index is 12.9. The number of halogens is 1. The molecule has 0 spiro atoms. The first kappa shape index (κ1) is 25.6. The van der Waals surface area contributed by atoms with Crippen LogP contribution in [0.25, 0.3) is 0 Å². The van der Waals surface area contributed by atoms with E-state index in [0.717, 1.165) is 5.56 Å². The lowest BCUT2D eigenvalue weighted by Gasteiger charge is -2.29. The van der Waals surface area contributed by atoms with Gasteiger partial charge in [-0.25, -0.2) is 4.79 Å². The van der Waals surface area contributed by atoms with E-state index < -0.39 is 6.04 Å². The minimum Gasteiger partial charge on any atom is -0.493 e. The summed E-state index contributed by atoms with van der Waals surface area (Å²) >= 11 is 0. The number of aryl methyl sites for hydroxylation is 1. The zero-order valence-corrected chi connectivity index (χ0v) is 18.8. The molecular weight excluding hydrogens is 418 g/mol. The lowest BCUT2D eigenvalue weighted by atomic mass is 10.1. The molecule has 0 bridgehead atoms. The monoisotopic (exact) mass is 449 g/mol. The zero-order valence-electron chi connectivity index (χ0n) is 17.1. The molecule has 0 heterocycles. The number of methoxy groups -OCH3 is 4. The predicted molar refractivity (Wildman–Crippen MR) is 110 cm³/mol. The lowest BCUT2D eigenvalue weighted by Crippen LogP contribution is -2.46. The van der Waals surface area contributed by atoms with Gasteiger partial charge in [0.15, 0.2) is 11.5 Å². The van der Waals surface area contributed by atoms with Crippen molar-refractivity contribution in [1.29, 1.82) is 0 Å². The van der Waals surface area contributed by atoms with Crippen molar-refractivity contribution in [3.05, 3.63) is 17.7 Å². The summed E-state index contributed by atoms with van der Waals surface area (Å²) in [5.74, 6) is 0.860. The Kier molecular flexibility index (Phi) is 13.1. The van der Waals surface area contributed by atoms with Crippen LogP contribution in [0.3, 0.4) is 0 Å². The highest BCUT2D eigenvalue weighted by Crippen LogP contribution is 2.38. The fraction of sp³-hybridized carbons (Fsp3) is 0.632. The van der Waals surface area contributed by atoms with Crippen molar-refractivity contribution < 1.29 is 28.5 Å². The first-order chi connectivity index (χ1) is 12.5. The molecule has 0 aliphatic rings. The van der Waals surface area contributed by atoms with Gasteiger partial charge in [-0.2, -0.15) is 0 Å². The first-order valence-corrected chi connectivity index (χ1v) is 8.68. The molecule has 0 N–H and O–H groups in total. The minimum atomic E-state index is -0.420. The summed E-state index contributed by atoms with van der Waals surface area (Å²) in [6.45, 7) is 6.12. The van der Waals surface area contributed by atoms with Gasteiger partial charge in [0.05, 0.1) is 27.4 Å². The summed E-state index contributed by atoms with van der Waals surface area (Å²) in [5.41, 5.74) is 0.951. The Morgan fingerprint density at radius 3 is 1.85 bits per heavy atom. The van der Waals surface area contributed by atoms with E-state index in [2.05, 4.69) is 0 Å². The number of hydrogen-bond acceptors (Lipinski definition) is 7. The van der Waals surface area contributed by atoms with Gasteiger partial charge in [0.25, 0.3) is 0 Å². The number of carbonyl (C=O) groups is 1. The van der Waals surface area contributed by atoms with Gasteiger partial charge in [0.1, 0.15) is 6.04 Å². The van der Waals surface area contributed by atoms with Crippen molar-refractivity contribution in [2.24, 2.45) is 0 Å². The van der Waals surface area contributed by atoms with Gasteiger partial charge in [-0.1, -0.05) is 6.92 Å². The molecule has 0 saturated heterocycles. The van der Waals surface area contributed by atoms with Crippen molar-refractivity contribution >= 4 is 23.0 Å². The van der Waals surface area contributed by atoms with Crippen LogP contribution in [0.15, 0.2) is 12.1 Å². The second-order valence-corrected chi connectivity index (χ2v) is 5.87. The van der Waals surface area contributed by atoms with Crippen LogP contribution in [0.2, 0.25) is 0 Å². The predicted octanol–water partition coefficient (Wildman–Crippen LogP) is 2.87. The van der Waals surface area contributed by atoms with Crippen molar-refractivity contribution in [3.8, 4) is 17.2 Å². The van der Waals surface area contributed by atoms with E-state index in [4.69, 9.17) is 23.7 Å². The Bertz CT molecular complexity index is 536. The SMILES string of the molecule is Br.CCC(C(=O)Oc1c(OC)cc(C)cc1OC)N(CCOC)CCOC. The van der Waals surface area contributed by atoms with E-state index >= 15 is 0 Å². The van der Waals surface area contributed by atoms with Crippen LogP contribution in [0.1, 0.15) is 18.9 Å². The van der Waals surface area contributed by atoms with E-state index in [1.807, 2.05) is 18.7 Å². The molecule has 7 nitrogen and oxygen atoms in total. The van der Waals surface area contributed by atoms with Gasteiger partial charge in [-0.15, -0.1) is 17.0 Å². The van der Waals surface area contributed by atoms with Crippen molar-refractivity contribution in [1.82, 2.24) is 4.90 Å². The fourth-order valence-corrected chi connectivity index (χ4v) is 2.69. The smallest absolute Gasteiger partial charge is 0.329 e. The molecule has 0 aromatic heterocycles. The first-order valence-electron chi connectivity index (χ1n) is 8.68. The van der Waals surface area contributed by atoms with E-state index in [9.17, 15) is 4.79 Å². The summed E-state index contributed by atoms with van der Waals surface area (Å²) in [6.07, 6.45) is 0.600. The summed E-state index contributed by atoms with van der Waals surface area (Å²) in [4.78, 5) is 14.9. The van der Waals surface area contributed by atoms with Crippen LogP contribution in [0.4, 0.5) is 0 Å². The standard InChI is InChI=1S/C19H31NO6.BrH/c1-7-15(20(8-10-22-3)9-11-23-4)19(21)26-18-16(24-5)12-14(2)13-17(18)25-6;/h12-13,15H,7-11H2,1-6H3;1H. The van der Waals surface area contributed by atoms with Crippen LogP contribution in [0.5, 0.6) is 17.2 Å². The van der Waals surface area contributed by atoms with Gasteiger partial charge >= 0.3 is 5.97 Å². The molecule has 27 heavy (non-hydrogen) atoms. The molecule has 1 aromatic carbocycles. The van der Waals surface area contributed by atoms with E-state index in [1.54, 1.807) is 26.4 Å². The third-order valence-electron chi connectivity index (χ3n) is 4.07. The summed E-state index contributed by atoms with van der Waals surface area (Å²) in [7, 11) is 6.34. The molecule has 156 valence electrons. The van der Waals surface area contributed by atoms with E-state index in [1.165, 1.54) is 14.2 Å². The Morgan fingerprint density at radius 2 is 1.48 bits per heavy atom. The highest BCUT2D eigenvalue weighted by molar-refractivity contribution is 8.93. The number of esters is 1. The van der Waals surface area contributed by atoms with Crippen LogP contribution < -0.4 is 14.2 Å². The average Bonchev–Trinajstić information content (AvgIpc) is 2.64. The summed E-state index contributed by atoms with van der Waals surface area (Å²) < 4.78 is 26.7. The average molecular weight is 450 g/mol. The molecule has 1 atom stereocenters. The Labute approximate surface area is 172 Å². The third kappa shape index (κ3) is 7.65. The normalized spacial score (nSPS) is 11.7. The molecule has 1 unspecified atom stereocenters. The molecular formula is C19H32BrNO6. The van der Waals surface area contributed by atoms with Crippen LogP contribution >= 0.6 is 17.0 Å². The molecule has 0 saturated carbocycles. The number of rotatable bonds is 12. The Hall–Kier alpha value is -1.35. The Morgan fingerprint density at radius 1 is 1.00 bits per heavy atom.